The van der Waals surface area contributed by atoms with Gasteiger partial charge in [-0.3, -0.25) is 9.69 Å². The summed E-state index contributed by atoms with van der Waals surface area (Å²) in [5.74, 6) is -3.15. The number of aryl methyl sites for hydroxylation is 1. The molecule has 2 aliphatic heterocycles. The Morgan fingerprint density at radius 1 is 1.04 bits per heavy atom. The van der Waals surface area contributed by atoms with Crippen LogP contribution >= 0.6 is 0 Å². The Labute approximate surface area is 339 Å². The molecule has 3 rings (SSSR count). The lowest BCUT2D eigenvalue weighted by Crippen LogP contribution is -2.59. The number of benzene rings is 1. The fraction of sp³-hybridized carbons (Fsp3) is 0.800. The molecule has 2 saturated heterocycles. The fourth-order valence-corrected chi connectivity index (χ4v) is 9.25. The summed E-state index contributed by atoms with van der Waals surface area (Å²) in [6.45, 7) is 15.7. The second-order valence-electron chi connectivity index (χ2n) is 17.2. The summed E-state index contributed by atoms with van der Waals surface area (Å²) in [7, 11) is -0.415. The second kappa shape index (κ2) is 20.2. The second-order valence-corrected chi connectivity index (χ2v) is 18.9. The molecule has 0 saturated carbocycles. The number of esters is 1. The van der Waals surface area contributed by atoms with E-state index < -0.39 is 87.9 Å². The number of carbonyl (C=O) groups is 2. The Hall–Kier alpha value is -2.45. The molecule has 0 aromatic heterocycles. The standard InChI is InChI=1S/C40H70N4O12S/c1-12-31-40(9,51)34(47)28(7)44(19-13-18-41-38(49)42-57(52,53)29-16-14-23(2)15-17-29)22-24(3)21-39(8,50)35(26(5)32(45)27(6)36(48)55-31)56-37-33(46)30(43(10)11)20-25(4)54-37/h14-17,24-28,30-35,37,45-47,50-51H,12-13,18-22H2,1-11H3,(H2,41,42,49)/t24-,25+,26-,27-,28-,30+,31-,32+,33+,34-,35-,37-,39-,40-/m1/s1. The van der Waals surface area contributed by atoms with E-state index in [1.165, 1.54) is 26.0 Å². The topological polar surface area (TPSA) is 228 Å². The molecule has 17 heteroatoms. The van der Waals surface area contributed by atoms with Crippen LogP contribution in [-0.2, 0) is 29.0 Å². The highest BCUT2D eigenvalue weighted by Gasteiger charge is 2.50. The monoisotopic (exact) mass is 830 g/mol. The Morgan fingerprint density at radius 2 is 1.65 bits per heavy atom. The molecular formula is C40H70N4O12S. The lowest BCUT2D eigenvalue weighted by atomic mass is 9.78. The van der Waals surface area contributed by atoms with Crippen molar-refractivity contribution in [3.05, 3.63) is 29.8 Å². The number of hydrogen-bond acceptors (Lipinski definition) is 14. The summed E-state index contributed by atoms with van der Waals surface area (Å²) in [6, 6.07) is 4.11. The van der Waals surface area contributed by atoms with E-state index in [1.54, 1.807) is 39.8 Å². The molecule has 2 heterocycles. The zero-order chi connectivity index (χ0) is 43.2. The Kier molecular flexibility index (Phi) is 17.3. The lowest BCUT2D eigenvalue weighted by molar-refractivity contribution is -0.299. The molecule has 14 atom stereocenters. The van der Waals surface area contributed by atoms with Crippen molar-refractivity contribution in [3.63, 3.8) is 0 Å². The van der Waals surface area contributed by atoms with Gasteiger partial charge in [0, 0.05) is 37.6 Å². The van der Waals surface area contributed by atoms with Gasteiger partial charge in [0.2, 0.25) is 0 Å². The van der Waals surface area contributed by atoms with Gasteiger partial charge in [0.05, 0.1) is 34.7 Å². The number of hydrogen-bond donors (Lipinski definition) is 7. The number of urea groups is 1. The molecule has 1 aromatic carbocycles. The number of aliphatic hydroxyl groups excluding tert-OH is 3. The third kappa shape index (κ3) is 12.5. The van der Waals surface area contributed by atoms with Crippen LogP contribution in [0.15, 0.2) is 29.2 Å². The maximum atomic E-state index is 13.6. The SMILES string of the molecule is CC[C@H]1OC(=O)[C@H](C)[C@@H](O)[C@@H](C)[C@@H](O[C@H]2O[C@@H](C)C[C@H](N(C)C)[C@@H]2O)[C@](C)(O)C[C@@H](C)CN(CCCNC(=O)NS(=O)(=O)c2ccc(C)cc2)[C@H](C)[C@@H](O)[C@]1(C)O. The molecule has 2 amide bonds. The van der Waals surface area contributed by atoms with E-state index in [1.807, 2.05) is 49.4 Å². The van der Waals surface area contributed by atoms with Crippen LogP contribution in [0.5, 0.6) is 0 Å². The van der Waals surface area contributed by atoms with Crippen LogP contribution in [0.3, 0.4) is 0 Å². The predicted molar refractivity (Wildman–Crippen MR) is 213 cm³/mol. The molecule has 7 N–H and O–H groups in total. The number of nitrogens with one attached hydrogen (secondary N) is 2. The van der Waals surface area contributed by atoms with Crippen molar-refractivity contribution in [1.82, 2.24) is 19.8 Å². The number of cyclic esters (lactones) is 1. The van der Waals surface area contributed by atoms with Gasteiger partial charge in [-0.15, -0.1) is 0 Å². The highest BCUT2D eigenvalue weighted by atomic mass is 32.2. The van der Waals surface area contributed by atoms with Crippen molar-refractivity contribution in [1.29, 1.82) is 0 Å². The minimum Gasteiger partial charge on any atom is -0.459 e. The van der Waals surface area contributed by atoms with E-state index in [9.17, 15) is 43.5 Å². The summed E-state index contributed by atoms with van der Waals surface area (Å²) in [4.78, 5) is 30.0. The van der Waals surface area contributed by atoms with Gasteiger partial charge in [-0.05, 0) is 99.4 Å². The van der Waals surface area contributed by atoms with Gasteiger partial charge in [-0.1, -0.05) is 38.5 Å². The van der Waals surface area contributed by atoms with Gasteiger partial charge < -0.3 is 50.0 Å². The van der Waals surface area contributed by atoms with Gasteiger partial charge in [0.1, 0.15) is 23.9 Å². The van der Waals surface area contributed by atoms with E-state index in [0.717, 1.165) is 5.56 Å². The molecule has 57 heavy (non-hydrogen) atoms. The van der Waals surface area contributed by atoms with Gasteiger partial charge in [-0.2, -0.15) is 0 Å². The van der Waals surface area contributed by atoms with Crippen LogP contribution in [-0.4, -0.2) is 156 Å². The van der Waals surface area contributed by atoms with Crippen molar-refractivity contribution in [2.75, 3.05) is 33.7 Å². The summed E-state index contributed by atoms with van der Waals surface area (Å²) >= 11 is 0. The molecule has 0 radical (unpaired) electrons. The molecule has 328 valence electrons. The Bertz CT molecular complexity index is 1560. The number of sulfonamides is 1. The molecule has 0 unspecified atom stereocenters. The average molecular weight is 831 g/mol. The number of rotatable bonds is 10. The molecule has 2 aliphatic rings. The highest BCUT2D eigenvalue weighted by Crippen LogP contribution is 2.37. The van der Waals surface area contributed by atoms with Crippen molar-refractivity contribution >= 4 is 22.0 Å². The van der Waals surface area contributed by atoms with Crippen molar-refractivity contribution in [2.45, 2.75) is 159 Å². The minimum atomic E-state index is -4.10. The molecule has 0 aliphatic carbocycles. The number of likely N-dealkylation sites (N-methyl/N-ethyl adjacent to an activating group) is 1. The Balaban J connectivity index is 1.91. The van der Waals surface area contributed by atoms with Crippen LogP contribution < -0.4 is 10.0 Å². The smallest absolute Gasteiger partial charge is 0.328 e. The Morgan fingerprint density at radius 3 is 2.23 bits per heavy atom. The van der Waals surface area contributed by atoms with Crippen molar-refractivity contribution in [2.24, 2.45) is 17.8 Å². The first-order chi connectivity index (χ1) is 26.3. The minimum absolute atomic E-state index is 0.0543. The van der Waals surface area contributed by atoms with Gasteiger partial charge in [0.15, 0.2) is 6.29 Å². The zero-order valence-electron chi connectivity index (χ0n) is 35.6. The molecule has 2 fully saturated rings. The molecule has 0 bridgehead atoms. The number of amides is 2. The van der Waals surface area contributed by atoms with Gasteiger partial charge in [-0.25, -0.2) is 17.9 Å². The quantitative estimate of drug-likeness (QED) is 0.132. The van der Waals surface area contributed by atoms with Crippen molar-refractivity contribution in [3.8, 4) is 0 Å². The molecular weight excluding hydrogens is 761 g/mol. The first kappa shape index (κ1) is 48.9. The lowest BCUT2D eigenvalue weighted by Gasteiger charge is -2.46. The summed E-state index contributed by atoms with van der Waals surface area (Å²) in [5, 5.41) is 61.4. The van der Waals surface area contributed by atoms with E-state index >= 15 is 0 Å². The number of ether oxygens (including phenoxy) is 3. The normalized spacial score (nSPS) is 38.2. The van der Waals surface area contributed by atoms with Crippen LogP contribution in [0.1, 0.15) is 86.6 Å². The summed E-state index contributed by atoms with van der Waals surface area (Å²) in [5.41, 5.74) is -2.73. The maximum absolute atomic E-state index is 13.6. The maximum Gasteiger partial charge on any atom is 0.328 e. The number of aliphatic hydroxyl groups is 5. The van der Waals surface area contributed by atoms with E-state index in [-0.39, 0.29) is 55.4 Å². The van der Waals surface area contributed by atoms with Gasteiger partial charge >= 0.3 is 12.0 Å². The van der Waals surface area contributed by atoms with Crippen LogP contribution in [0, 0.1) is 24.7 Å². The zero-order valence-corrected chi connectivity index (χ0v) is 36.4. The third-order valence-corrected chi connectivity index (χ3v) is 13.1. The van der Waals surface area contributed by atoms with Crippen LogP contribution in [0.2, 0.25) is 0 Å². The van der Waals surface area contributed by atoms with E-state index in [4.69, 9.17) is 14.2 Å². The summed E-state index contributed by atoms with van der Waals surface area (Å²) in [6.07, 6.45) is -6.59. The molecule has 1 aromatic rings. The third-order valence-electron chi connectivity index (χ3n) is 11.8. The largest absolute Gasteiger partial charge is 0.459 e. The first-order valence-electron chi connectivity index (χ1n) is 20.1. The summed E-state index contributed by atoms with van der Waals surface area (Å²) < 4.78 is 45.8. The van der Waals surface area contributed by atoms with E-state index in [0.29, 0.717) is 12.8 Å². The number of carbonyl (C=O) groups excluding carboxylic acids is 2. The first-order valence-corrected chi connectivity index (χ1v) is 21.6. The van der Waals surface area contributed by atoms with Gasteiger partial charge in [0.25, 0.3) is 10.0 Å². The highest BCUT2D eigenvalue weighted by molar-refractivity contribution is 7.90. The predicted octanol–water partition coefficient (Wildman–Crippen LogP) is 1.73. The van der Waals surface area contributed by atoms with Crippen molar-refractivity contribution < 1.29 is 57.8 Å². The number of nitrogens with zero attached hydrogens (tertiary/aromatic N) is 2. The van der Waals surface area contributed by atoms with Crippen LogP contribution in [0.25, 0.3) is 0 Å². The van der Waals surface area contributed by atoms with Crippen LogP contribution in [0.4, 0.5) is 4.79 Å². The fourth-order valence-electron chi connectivity index (χ4n) is 8.32. The average Bonchev–Trinajstić information content (AvgIpc) is 3.12. The van der Waals surface area contributed by atoms with E-state index in [2.05, 4.69) is 5.32 Å². The molecule has 0 spiro atoms. The molecule has 16 nitrogen and oxygen atoms in total.